The summed E-state index contributed by atoms with van der Waals surface area (Å²) in [5.74, 6) is -4.24. The minimum Gasteiger partial charge on any atom is -0.478 e. The summed E-state index contributed by atoms with van der Waals surface area (Å²) in [4.78, 5) is 50.8. The van der Waals surface area contributed by atoms with Crippen LogP contribution in [0, 0.1) is 5.82 Å². The van der Waals surface area contributed by atoms with Crippen molar-refractivity contribution in [3.63, 3.8) is 0 Å². The first-order valence-electron chi connectivity index (χ1n) is 9.21. The average molecular weight is 408 g/mol. The molecule has 0 spiro atoms. The number of hydrogen-bond donors (Lipinski definition) is 1. The second kappa shape index (κ2) is 8.56. The first-order valence-corrected chi connectivity index (χ1v) is 9.21. The molecule has 2 aliphatic heterocycles. The van der Waals surface area contributed by atoms with Gasteiger partial charge in [-0.05, 0) is 31.0 Å². The Bertz CT molecular complexity index is 838. The van der Waals surface area contributed by atoms with Gasteiger partial charge in [0.05, 0.1) is 6.61 Å². The van der Waals surface area contributed by atoms with E-state index >= 15 is 0 Å². The Morgan fingerprint density at radius 3 is 2.52 bits per heavy atom. The lowest BCUT2D eigenvalue weighted by Gasteiger charge is -2.34. The largest absolute Gasteiger partial charge is 0.478 e. The van der Waals surface area contributed by atoms with E-state index < -0.39 is 35.9 Å². The summed E-state index contributed by atoms with van der Waals surface area (Å²) in [5, 5.41) is 9.29. The number of carboxylic acids is 1. The molecule has 2 heterocycles. The smallest absolute Gasteiger partial charge is 0.348 e. The van der Waals surface area contributed by atoms with Crippen LogP contribution in [0.3, 0.4) is 0 Å². The molecule has 29 heavy (non-hydrogen) atoms. The molecule has 10 heteroatoms. The van der Waals surface area contributed by atoms with Crippen LogP contribution in [0.5, 0.6) is 0 Å². The Labute approximate surface area is 166 Å². The van der Waals surface area contributed by atoms with E-state index in [0.29, 0.717) is 13.1 Å². The van der Waals surface area contributed by atoms with Crippen molar-refractivity contribution in [1.29, 1.82) is 0 Å². The zero-order valence-corrected chi connectivity index (χ0v) is 15.8. The third-order valence-corrected chi connectivity index (χ3v) is 4.77. The van der Waals surface area contributed by atoms with Gasteiger partial charge >= 0.3 is 11.9 Å². The van der Waals surface area contributed by atoms with Crippen molar-refractivity contribution in [2.75, 3.05) is 31.1 Å². The molecular formula is C19H21FN2O7. The maximum absolute atomic E-state index is 14.2. The highest BCUT2D eigenvalue weighted by Crippen LogP contribution is 2.25. The van der Waals surface area contributed by atoms with Gasteiger partial charge in [0, 0.05) is 37.8 Å². The van der Waals surface area contributed by atoms with E-state index in [9.17, 15) is 28.7 Å². The summed E-state index contributed by atoms with van der Waals surface area (Å²) in [7, 11) is 0. The number of rotatable bonds is 5. The van der Waals surface area contributed by atoms with Gasteiger partial charge in [-0.1, -0.05) is 0 Å². The van der Waals surface area contributed by atoms with Gasteiger partial charge in [0.2, 0.25) is 6.10 Å². The van der Waals surface area contributed by atoms with E-state index in [-0.39, 0.29) is 30.3 Å². The maximum atomic E-state index is 14.2. The van der Waals surface area contributed by atoms with Gasteiger partial charge < -0.3 is 24.4 Å². The number of halogens is 1. The Hall–Kier alpha value is -3.01. The summed E-state index contributed by atoms with van der Waals surface area (Å²) in [6, 6.07) is 3.58. The van der Waals surface area contributed by atoms with Gasteiger partial charge in [-0.2, -0.15) is 0 Å². The summed E-state index contributed by atoms with van der Waals surface area (Å²) < 4.78 is 24.2. The molecule has 0 bridgehead atoms. The van der Waals surface area contributed by atoms with Crippen LogP contribution in [0.2, 0.25) is 0 Å². The van der Waals surface area contributed by atoms with Crippen LogP contribution in [0.25, 0.3) is 0 Å². The van der Waals surface area contributed by atoms with Crippen LogP contribution >= 0.6 is 0 Å². The normalized spacial score (nSPS) is 20.5. The van der Waals surface area contributed by atoms with Gasteiger partial charge in [0.25, 0.3) is 11.8 Å². The predicted octanol–water partition coefficient (Wildman–Crippen LogP) is 0.810. The van der Waals surface area contributed by atoms with Crippen molar-refractivity contribution in [2.45, 2.75) is 32.0 Å². The first kappa shape index (κ1) is 20.7. The molecule has 9 nitrogen and oxygen atoms in total. The lowest BCUT2D eigenvalue weighted by molar-refractivity contribution is -0.177. The highest BCUT2D eigenvalue weighted by molar-refractivity contribution is 6.02. The zero-order chi connectivity index (χ0) is 21.1. The lowest BCUT2D eigenvalue weighted by atomic mass is 10.1. The third kappa shape index (κ3) is 4.53. The minimum atomic E-state index is -1.83. The number of morpholine rings is 1. The van der Waals surface area contributed by atoms with Gasteiger partial charge in [-0.3, -0.25) is 14.4 Å². The number of amides is 2. The zero-order valence-electron chi connectivity index (χ0n) is 15.8. The molecule has 2 saturated heterocycles. The molecule has 2 atom stereocenters. The summed E-state index contributed by atoms with van der Waals surface area (Å²) in [5.41, 5.74) is 0.213. The summed E-state index contributed by atoms with van der Waals surface area (Å²) >= 11 is 0. The molecule has 1 N–H and O–H groups in total. The van der Waals surface area contributed by atoms with Gasteiger partial charge in [-0.15, -0.1) is 0 Å². The molecule has 1 aromatic rings. The molecule has 2 fully saturated rings. The highest BCUT2D eigenvalue weighted by Gasteiger charge is 2.42. The number of esters is 1. The second-order valence-corrected chi connectivity index (χ2v) is 6.85. The van der Waals surface area contributed by atoms with E-state index in [4.69, 9.17) is 9.47 Å². The monoisotopic (exact) mass is 408 g/mol. The Morgan fingerprint density at radius 2 is 1.90 bits per heavy atom. The molecule has 156 valence electrons. The highest BCUT2D eigenvalue weighted by atomic mass is 19.1. The van der Waals surface area contributed by atoms with Crippen molar-refractivity contribution in [3.8, 4) is 0 Å². The molecule has 1 aromatic carbocycles. The van der Waals surface area contributed by atoms with E-state index in [1.54, 1.807) is 4.90 Å². The molecule has 2 amide bonds. The number of nitrogens with zero attached hydrogens (tertiary/aromatic N) is 2. The third-order valence-electron chi connectivity index (χ3n) is 4.77. The number of carboxylic acid groups (broad SMARTS) is 1. The van der Waals surface area contributed by atoms with Crippen molar-refractivity contribution in [1.82, 2.24) is 4.90 Å². The van der Waals surface area contributed by atoms with Gasteiger partial charge in [0.1, 0.15) is 5.82 Å². The van der Waals surface area contributed by atoms with Crippen molar-refractivity contribution in [2.24, 2.45) is 0 Å². The number of likely N-dealkylation sites (tertiary alicyclic amines) is 1. The quantitative estimate of drug-likeness (QED) is 0.717. The molecule has 0 saturated carbocycles. The number of carbonyl (C=O) groups is 4. The number of benzene rings is 1. The van der Waals surface area contributed by atoms with Crippen LogP contribution in [0.4, 0.5) is 10.1 Å². The number of ether oxygens (including phenoxy) is 2. The Kier molecular flexibility index (Phi) is 6.12. The fraction of sp³-hybridized carbons (Fsp3) is 0.474. The molecular weight excluding hydrogens is 387 g/mol. The fourth-order valence-electron chi connectivity index (χ4n) is 3.46. The lowest BCUT2D eigenvalue weighted by Crippen LogP contribution is -2.55. The maximum Gasteiger partial charge on any atom is 0.348 e. The molecule has 3 rings (SSSR count). The van der Waals surface area contributed by atoms with Crippen LogP contribution in [0.1, 0.15) is 30.1 Å². The van der Waals surface area contributed by atoms with Crippen molar-refractivity contribution < 1.29 is 38.1 Å². The molecule has 0 unspecified atom stereocenters. The molecule has 2 aliphatic rings. The Morgan fingerprint density at radius 1 is 1.21 bits per heavy atom. The summed E-state index contributed by atoms with van der Waals surface area (Å²) in [6.07, 6.45) is -1.65. The first-order chi connectivity index (χ1) is 13.8. The van der Waals surface area contributed by atoms with E-state index in [1.165, 1.54) is 6.07 Å². The minimum absolute atomic E-state index is 0.0303. The van der Waals surface area contributed by atoms with Crippen LogP contribution in [-0.4, -0.2) is 72.2 Å². The SMILES string of the molecule is CC(=O)O[C@@H](C(=O)O)[C@H]1OCCN(c2cc(F)cc(C(=O)N3CCCC3)c2)C1=O. The van der Waals surface area contributed by atoms with Crippen molar-refractivity contribution in [3.05, 3.63) is 29.6 Å². The number of hydrogen-bond acceptors (Lipinski definition) is 6. The van der Waals surface area contributed by atoms with Crippen LogP contribution in [0.15, 0.2) is 18.2 Å². The van der Waals surface area contributed by atoms with Crippen LogP contribution < -0.4 is 4.90 Å². The van der Waals surface area contributed by atoms with Gasteiger partial charge in [0.15, 0.2) is 6.10 Å². The van der Waals surface area contributed by atoms with E-state index in [0.717, 1.165) is 36.8 Å². The van der Waals surface area contributed by atoms with Gasteiger partial charge in [-0.25, -0.2) is 9.18 Å². The average Bonchev–Trinajstić information content (AvgIpc) is 3.20. The van der Waals surface area contributed by atoms with E-state index in [1.807, 2.05) is 0 Å². The molecule has 0 radical (unpaired) electrons. The molecule has 0 aromatic heterocycles. The fourth-order valence-corrected chi connectivity index (χ4v) is 3.46. The number of carbonyl (C=O) groups excluding carboxylic acids is 3. The van der Waals surface area contributed by atoms with E-state index in [2.05, 4.69) is 0 Å². The predicted molar refractivity (Wildman–Crippen MR) is 96.8 cm³/mol. The summed E-state index contributed by atoms with van der Waals surface area (Å²) in [6.45, 7) is 2.18. The second-order valence-electron chi connectivity index (χ2n) is 6.85. The topological polar surface area (TPSA) is 113 Å². The van der Waals surface area contributed by atoms with Crippen LogP contribution in [-0.2, 0) is 23.9 Å². The molecule has 0 aliphatic carbocycles. The number of aliphatic carboxylic acids is 1. The standard InChI is InChI=1S/C19H21FN2O7/c1-11(23)29-16(19(26)27)15-18(25)22(6-7-28-15)14-9-12(8-13(20)10-14)17(24)21-4-2-3-5-21/h8-10,15-16H,2-7H2,1H3,(H,26,27)/t15-,16-/m1/s1. The number of anilines is 1. The van der Waals surface area contributed by atoms with Crippen molar-refractivity contribution >= 4 is 29.4 Å². The Balaban J connectivity index is 1.87.